The van der Waals surface area contributed by atoms with E-state index in [2.05, 4.69) is 46.3 Å². The van der Waals surface area contributed by atoms with Gasteiger partial charge in [-0.1, -0.05) is 59.2 Å². The van der Waals surface area contributed by atoms with Crippen LogP contribution in [0.1, 0.15) is 26.2 Å². The van der Waals surface area contributed by atoms with Gasteiger partial charge in [0.1, 0.15) is 0 Å². The molecule has 6 nitrogen and oxygen atoms in total. The summed E-state index contributed by atoms with van der Waals surface area (Å²) in [6.45, 7) is 9.68. The fourth-order valence-electron chi connectivity index (χ4n) is 2.52. The summed E-state index contributed by atoms with van der Waals surface area (Å²) in [4.78, 5) is 16.5. The van der Waals surface area contributed by atoms with Gasteiger partial charge >= 0.3 is 0 Å². The molecule has 0 radical (unpaired) electrons. The first-order valence-electron chi connectivity index (χ1n) is 8.91. The number of carbonyl (C=O) groups is 1. The van der Waals surface area contributed by atoms with Crippen LogP contribution in [-0.2, 0) is 14.8 Å². The third kappa shape index (κ3) is 5.50. The summed E-state index contributed by atoms with van der Waals surface area (Å²) >= 11 is 4.64. The van der Waals surface area contributed by atoms with Gasteiger partial charge in [-0.2, -0.15) is 4.31 Å². The Morgan fingerprint density at radius 2 is 2.04 bits per heavy atom. The maximum atomic E-state index is 12.9. The van der Waals surface area contributed by atoms with Crippen LogP contribution >= 0.6 is 27.3 Å². The van der Waals surface area contributed by atoms with E-state index in [1.165, 1.54) is 33.9 Å². The normalized spacial score (nSPS) is 12.8. The highest BCUT2D eigenvalue weighted by Gasteiger charge is 2.23. The van der Waals surface area contributed by atoms with E-state index in [1.807, 2.05) is 0 Å². The number of thiazole rings is 1. The van der Waals surface area contributed by atoms with Gasteiger partial charge < -0.3 is 5.32 Å². The molecule has 28 heavy (non-hydrogen) atoms. The summed E-state index contributed by atoms with van der Waals surface area (Å²) in [5.74, 6) is -0.150. The van der Waals surface area contributed by atoms with Gasteiger partial charge in [-0.05, 0) is 24.6 Å². The molecule has 1 N–H and O–H groups in total. The molecule has 1 unspecified atom stereocenters. The van der Waals surface area contributed by atoms with Gasteiger partial charge in [0.25, 0.3) is 0 Å². The molecular weight excluding hydrogens is 462 g/mol. The molecule has 9 heteroatoms. The third-order valence-corrected chi connectivity index (χ3v) is 7.62. The van der Waals surface area contributed by atoms with Crippen LogP contribution in [0.5, 0.6) is 0 Å². The van der Waals surface area contributed by atoms with E-state index in [0.717, 1.165) is 19.3 Å². The molecule has 1 atom stereocenters. The highest BCUT2D eigenvalue weighted by molar-refractivity contribution is 9.10. The second-order valence-electron chi connectivity index (χ2n) is 6.15. The Bertz CT molecular complexity index is 946. The van der Waals surface area contributed by atoms with Crippen LogP contribution in [0.3, 0.4) is 0 Å². The van der Waals surface area contributed by atoms with Gasteiger partial charge in [0.2, 0.25) is 15.9 Å². The predicted molar refractivity (Wildman–Crippen MR) is 120 cm³/mol. The molecule has 0 aliphatic carbocycles. The van der Waals surface area contributed by atoms with Gasteiger partial charge in [-0.3, -0.25) is 4.79 Å². The minimum absolute atomic E-state index is 0.150. The molecule has 2 aromatic rings. The number of alkyl halides is 1. The lowest BCUT2D eigenvalue weighted by atomic mass is 10.2. The number of anilines is 1. The summed E-state index contributed by atoms with van der Waals surface area (Å²) in [5.41, 5.74) is 0.637. The predicted octanol–water partition coefficient (Wildman–Crippen LogP) is 4.55. The molecule has 0 spiro atoms. The van der Waals surface area contributed by atoms with Crippen molar-refractivity contribution in [1.29, 1.82) is 0 Å². The molecule has 1 aromatic heterocycles. The van der Waals surface area contributed by atoms with Gasteiger partial charge in [0, 0.05) is 13.1 Å². The number of aromatic nitrogens is 1. The van der Waals surface area contributed by atoms with Crippen LogP contribution in [-0.4, -0.2) is 41.5 Å². The molecule has 152 valence electrons. The van der Waals surface area contributed by atoms with Gasteiger partial charge in [0.05, 0.1) is 19.9 Å². The van der Waals surface area contributed by atoms with E-state index in [0.29, 0.717) is 15.3 Å². The van der Waals surface area contributed by atoms with Crippen LogP contribution in [0.2, 0.25) is 0 Å². The number of amides is 1. The molecular formula is C19H24BrN3O3S2. The van der Waals surface area contributed by atoms with Crippen LogP contribution in [0, 0.1) is 0 Å². The van der Waals surface area contributed by atoms with Crippen molar-refractivity contribution in [3.8, 4) is 0 Å². The average molecular weight is 486 g/mol. The van der Waals surface area contributed by atoms with Gasteiger partial charge in [-0.15, -0.1) is 13.2 Å². The van der Waals surface area contributed by atoms with E-state index in [1.54, 1.807) is 12.1 Å². The number of unbranched alkanes of at least 4 members (excludes halogenated alkanes) is 1. The van der Waals surface area contributed by atoms with Crippen molar-refractivity contribution >= 4 is 58.5 Å². The van der Waals surface area contributed by atoms with Crippen molar-refractivity contribution in [1.82, 2.24) is 9.29 Å². The number of nitrogens with zero attached hydrogens (tertiary/aromatic N) is 2. The molecule has 0 fully saturated rings. The number of halogens is 1. The standard InChI is InChI=1S/C19H24BrN3O3S2/c1-4-7-8-15(20)18(24)22-19-21-16-10-9-14(13-17(16)27-19)28(25,26)23(11-5-2)12-6-3/h5-6,9-10,13,15H,2-4,7-8,11-12H2,1H3,(H,21,22,24). The first-order valence-corrected chi connectivity index (χ1v) is 12.1. The summed E-state index contributed by atoms with van der Waals surface area (Å²) in [6.07, 6.45) is 5.79. The van der Waals surface area contributed by atoms with Crippen LogP contribution < -0.4 is 5.32 Å². The van der Waals surface area contributed by atoms with E-state index < -0.39 is 10.0 Å². The Labute approximate surface area is 178 Å². The number of carbonyl (C=O) groups excluding carboxylic acids is 1. The molecule has 2 rings (SSSR count). The Kier molecular flexibility index (Phi) is 8.36. The van der Waals surface area contributed by atoms with Crippen molar-refractivity contribution in [3.05, 3.63) is 43.5 Å². The van der Waals surface area contributed by atoms with Crippen LogP contribution in [0.4, 0.5) is 5.13 Å². The topological polar surface area (TPSA) is 79.4 Å². The number of benzene rings is 1. The molecule has 0 saturated heterocycles. The van der Waals surface area contributed by atoms with Gasteiger partial charge in [-0.25, -0.2) is 13.4 Å². The van der Waals surface area contributed by atoms with Gasteiger partial charge in [0.15, 0.2) is 5.13 Å². The van der Waals surface area contributed by atoms with Crippen molar-refractivity contribution in [2.45, 2.75) is 35.9 Å². The van der Waals surface area contributed by atoms with E-state index in [4.69, 9.17) is 0 Å². The first kappa shape index (κ1) is 22.7. The summed E-state index contributed by atoms with van der Waals surface area (Å²) in [7, 11) is -3.68. The van der Waals surface area contributed by atoms with Crippen molar-refractivity contribution in [3.63, 3.8) is 0 Å². The second kappa shape index (κ2) is 10.3. The fourth-order valence-corrected chi connectivity index (χ4v) is 5.35. The van der Waals surface area contributed by atoms with Crippen LogP contribution in [0.25, 0.3) is 10.2 Å². The summed E-state index contributed by atoms with van der Waals surface area (Å²) in [5, 5.41) is 3.25. The molecule has 0 saturated carbocycles. The maximum absolute atomic E-state index is 12.9. The second-order valence-corrected chi connectivity index (χ2v) is 10.2. The largest absolute Gasteiger partial charge is 0.301 e. The number of nitrogens with one attached hydrogen (secondary N) is 1. The number of sulfonamides is 1. The smallest absolute Gasteiger partial charge is 0.243 e. The zero-order valence-electron chi connectivity index (χ0n) is 15.7. The third-order valence-electron chi connectivity index (χ3n) is 3.99. The lowest BCUT2D eigenvalue weighted by molar-refractivity contribution is -0.115. The Morgan fingerprint density at radius 3 is 2.64 bits per heavy atom. The zero-order chi connectivity index (χ0) is 20.7. The van der Waals surface area contributed by atoms with E-state index in [-0.39, 0.29) is 28.7 Å². The highest BCUT2D eigenvalue weighted by atomic mass is 79.9. The van der Waals surface area contributed by atoms with Crippen molar-refractivity contribution in [2.24, 2.45) is 0 Å². The fraction of sp³-hybridized carbons (Fsp3) is 0.368. The maximum Gasteiger partial charge on any atom is 0.243 e. The minimum Gasteiger partial charge on any atom is -0.301 e. The molecule has 1 amide bonds. The zero-order valence-corrected chi connectivity index (χ0v) is 18.9. The molecule has 1 aromatic carbocycles. The van der Waals surface area contributed by atoms with E-state index in [9.17, 15) is 13.2 Å². The highest BCUT2D eigenvalue weighted by Crippen LogP contribution is 2.29. The molecule has 1 heterocycles. The van der Waals surface area contributed by atoms with Crippen molar-refractivity contribution in [2.75, 3.05) is 18.4 Å². The quantitative estimate of drug-likeness (QED) is 0.373. The van der Waals surface area contributed by atoms with Crippen LogP contribution in [0.15, 0.2) is 48.4 Å². The average Bonchev–Trinajstić information content (AvgIpc) is 3.07. The number of hydrogen-bond donors (Lipinski definition) is 1. The Hall–Kier alpha value is -1.55. The van der Waals surface area contributed by atoms with Crippen molar-refractivity contribution < 1.29 is 13.2 Å². The lowest BCUT2D eigenvalue weighted by Crippen LogP contribution is -2.31. The number of fused-ring (bicyclic) bond motifs is 1. The van der Waals surface area contributed by atoms with E-state index >= 15 is 0 Å². The molecule has 0 aliphatic rings. The lowest BCUT2D eigenvalue weighted by Gasteiger charge is -2.18. The minimum atomic E-state index is -3.68. The monoisotopic (exact) mass is 485 g/mol. The Balaban J connectivity index is 2.25. The molecule has 0 aliphatic heterocycles. The molecule has 0 bridgehead atoms. The summed E-state index contributed by atoms with van der Waals surface area (Å²) < 4.78 is 27.7. The number of rotatable bonds is 11. The number of hydrogen-bond acceptors (Lipinski definition) is 5. The Morgan fingerprint density at radius 1 is 1.36 bits per heavy atom. The summed E-state index contributed by atoms with van der Waals surface area (Å²) in [6, 6.07) is 4.76. The SMILES string of the molecule is C=CCN(CC=C)S(=O)(=O)c1ccc2nc(NC(=O)C(Br)CCCC)sc2c1. The first-order chi connectivity index (χ1) is 13.3.